The fraction of sp³-hybridized carbons (Fsp3) is 0.875. The molecule has 344 valence electrons. The highest BCUT2D eigenvalue weighted by molar-refractivity contribution is 5.78. The van der Waals surface area contributed by atoms with Crippen LogP contribution in [0.4, 0.5) is 0 Å². The Morgan fingerprint density at radius 3 is 0.683 bits per heavy atom. The second-order valence-corrected chi connectivity index (χ2v) is 14.5. The van der Waals surface area contributed by atoms with E-state index < -0.39 is 199 Å². The molecule has 28 heteroatoms. The molecule has 14 saturated heterocycles. The van der Waals surface area contributed by atoms with E-state index in [0.29, 0.717) is 0 Å². The van der Waals surface area contributed by atoms with Gasteiger partial charge in [0.2, 0.25) is 23.6 Å². The van der Waals surface area contributed by atoms with Gasteiger partial charge >= 0.3 is 0 Å². The minimum Gasteiger partial charge on any atom is -0.387 e. The van der Waals surface area contributed by atoms with Crippen LogP contribution in [-0.2, 0) is 57.1 Å². The Morgan fingerprint density at radius 2 is 0.517 bits per heavy atom. The highest BCUT2D eigenvalue weighted by Gasteiger charge is 2.57. The van der Waals surface area contributed by atoms with Crippen molar-refractivity contribution in [1.82, 2.24) is 21.3 Å². The van der Waals surface area contributed by atoms with Gasteiger partial charge < -0.3 is 123 Å². The Kier molecular flexibility index (Phi) is 17.2. The smallest absolute Gasteiger partial charge is 0.233 e. The normalized spacial score (nSPS) is 43.3. The third-order valence-electron chi connectivity index (χ3n) is 10.5. The summed E-state index contributed by atoms with van der Waals surface area (Å²) in [4.78, 5) is 48.9. The van der Waals surface area contributed by atoms with Crippen LogP contribution in [-0.4, -0.2) is 240 Å². The summed E-state index contributed by atoms with van der Waals surface area (Å²) in [6.07, 6.45) is -37.0. The highest BCUT2D eigenvalue weighted by atomic mass is 16.8. The lowest BCUT2D eigenvalue weighted by Gasteiger charge is -2.51. The summed E-state index contributed by atoms with van der Waals surface area (Å²) in [5, 5.41) is 101. The molecular weight excluding hydrogens is 816 g/mol. The molecule has 60 heavy (non-hydrogen) atoms. The molecule has 20 N–H and O–H groups in total. The summed E-state index contributed by atoms with van der Waals surface area (Å²) in [6.45, 7) is -3.93. The number of ether oxygens (including phenoxy) is 8. The molecule has 0 aliphatic carbocycles. The van der Waals surface area contributed by atoms with Gasteiger partial charge in [0.1, 0.15) is 97.7 Å². The number of hydrogen-bond acceptors (Lipinski definition) is 24. The lowest BCUT2D eigenvalue weighted by Crippen LogP contribution is -2.70. The molecule has 0 radical (unpaired) electrons. The van der Waals surface area contributed by atoms with Gasteiger partial charge in [0.05, 0.1) is 26.2 Å². The Hall–Kier alpha value is -2.92. The van der Waals surface area contributed by atoms with E-state index in [0.717, 1.165) is 0 Å². The molecule has 14 aliphatic rings. The molecule has 28 nitrogen and oxygen atoms in total. The maximum Gasteiger partial charge on any atom is 0.233 e. The van der Waals surface area contributed by atoms with Crippen LogP contribution in [0.3, 0.4) is 0 Å². The van der Waals surface area contributed by atoms with Crippen LogP contribution in [0.25, 0.3) is 0 Å². The lowest BCUT2D eigenvalue weighted by atomic mass is 9.94. The predicted molar refractivity (Wildman–Crippen MR) is 190 cm³/mol. The van der Waals surface area contributed by atoms with Crippen LogP contribution in [0.2, 0.25) is 0 Å². The number of nitrogens with two attached hydrogens (primary N) is 4. The van der Waals surface area contributed by atoms with Gasteiger partial charge in [0.25, 0.3) is 0 Å². The fourth-order valence-electron chi connectivity index (χ4n) is 7.17. The van der Waals surface area contributed by atoms with Crippen LogP contribution in [0, 0.1) is 0 Å². The molecular formula is C32H56N8O20. The molecule has 8 bridgehead atoms. The van der Waals surface area contributed by atoms with E-state index in [1.165, 1.54) is 0 Å². The maximum absolute atomic E-state index is 12.2. The number of hydrogen-bond donors (Lipinski definition) is 16. The summed E-state index contributed by atoms with van der Waals surface area (Å²) in [7, 11) is 0. The van der Waals surface area contributed by atoms with Crippen LogP contribution in [0.1, 0.15) is 0 Å². The summed E-state index contributed by atoms with van der Waals surface area (Å²) in [5.41, 5.74) is 21.7. The molecule has 0 saturated carbocycles. The third kappa shape index (κ3) is 11.0. The number of amides is 4. The van der Waals surface area contributed by atoms with E-state index in [-0.39, 0.29) is 0 Å². The molecule has 4 amide bonds. The van der Waals surface area contributed by atoms with Gasteiger partial charge in [-0.2, -0.15) is 0 Å². The number of aliphatic hydroxyl groups is 8. The fourth-order valence-corrected chi connectivity index (χ4v) is 7.17. The second-order valence-electron chi connectivity index (χ2n) is 14.5. The van der Waals surface area contributed by atoms with E-state index in [1.807, 2.05) is 0 Å². The van der Waals surface area contributed by atoms with E-state index in [9.17, 15) is 60.0 Å². The van der Waals surface area contributed by atoms with Gasteiger partial charge in [0.15, 0.2) is 25.2 Å². The standard InChI is InChI=1S/C32H56N8O20/c33-1-13(41)37-5-9-25-17(45)21(49)29(53-9)58-26-10(6-38-14(42)2-34)55-31(23(51)19(26)47)60-28-12(8-40-16(44)4-36)56-32(24(52)20(28)48)59-27-11(7-39-15(43)3-35)54-30(57-25)22(50)18(27)46/h9-12,17-32,45-52H,1-8,33-36H2,(H,37,41)(H,38,42)(H,39,43)(H,40,44)/t9-,10-,11-,12-,17-,18-,19-,20-,21-,22-,23-,24-,25-,26-,27-,28-,29-,30-,31-,32-/m0/s1. The van der Waals surface area contributed by atoms with Crippen molar-refractivity contribution >= 4 is 23.6 Å². The molecule has 14 fully saturated rings. The maximum atomic E-state index is 12.2. The van der Waals surface area contributed by atoms with Crippen LogP contribution >= 0.6 is 0 Å². The van der Waals surface area contributed by atoms with Gasteiger partial charge in [0, 0.05) is 26.2 Å². The molecule has 0 unspecified atom stereocenters. The van der Waals surface area contributed by atoms with Crippen molar-refractivity contribution in [1.29, 1.82) is 0 Å². The minimum atomic E-state index is -2.07. The van der Waals surface area contributed by atoms with Gasteiger partial charge in [-0.05, 0) is 0 Å². The summed E-state index contributed by atoms with van der Waals surface area (Å²) in [5.74, 6) is -2.81. The topological polar surface area (TPSA) is 456 Å². The van der Waals surface area contributed by atoms with Crippen molar-refractivity contribution in [3.8, 4) is 0 Å². The molecule has 0 aromatic heterocycles. The highest BCUT2D eigenvalue weighted by Crippen LogP contribution is 2.36. The van der Waals surface area contributed by atoms with Crippen molar-refractivity contribution in [2.75, 3.05) is 52.4 Å². The Labute approximate surface area is 340 Å². The molecule has 0 aromatic rings. The summed E-state index contributed by atoms with van der Waals surface area (Å²) in [6, 6.07) is 0. The monoisotopic (exact) mass is 872 g/mol. The molecule has 14 rings (SSSR count). The van der Waals surface area contributed by atoms with E-state index in [1.54, 1.807) is 0 Å². The lowest BCUT2D eigenvalue weighted by molar-refractivity contribution is -0.399. The number of carbonyl (C=O) groups is 4. The third-order valence-corrected chi connectivity index (χ3v) is 10.5. The van der Waals surface area contributed by atoms with Crippen molar-refractivity contribution in [3.63, 3.8) is 0 Å². The summed E-state index contributed by atoms with van der Waals surface area (Å²) < 4.78 is 47.5. The molecule has 0 aromatic carbocycles. The number of aliphatic hydroxyl groups excluding tert-OH is 8. The zero-order valence-corrected chi connectivity index (χ0v) is 32.0. The first-order chi connectivity index (χ1) is 28.5. The van der Waals surface area contributed by atoms with E-state index in [2.05, 4.69) is 21.3 Å². The molecule has 14 heterocycles. The SMILES string of the molecule is NCC(=O)NC[C@@H]1O[C@H]2O[C@@H]3[C@@H](O)[C@H](O)[C@H](O[C@@H]4[C@@H](O)[C@H](O)[C@H](O[C@@H]5[C@@H](O)[C@H](O)[C@H](O[C@@H]1[C@@H](O)[C@@H]2O)O[C@H]5CNC(=O)CN)O[C@H]4CNC(=O)CN)O[C@H]3CNC(=O)CN. The van der Waals surface area contributed by atoms with Gasteiger partial charge in [-0.1, -0.05) is 0 Å². The zero-order valence-electron chi connectivity index (χ0n) is 32.0. The number of carbonyl (C=O) groups excluding carboxylic acids is 4. The predicted octanol–water partition coefficient (Wildman–Crippen LogP) is -12.4. The quantitative estimate of drug-likeness (QED) is 0.0865. The Balaban J connectivity index is 1.58. The first kappa shape index (κ1) is 48.1. The first-order valence-corrected chi connectivity index (χ1v) is 19.1. The van der Waals surface area contributed by atoms with Crippen LogP contribution in [0.5, 0.6) is 0 Å². The van der Waals surface area contributed by atoms with E-state index in [4.69, 9.17) is 60.8 Å². The zero-order chi connectivity index (χ0) is 44.0. The van der Waals surface area contributed by atoms with Gasteiger partial charge in [-0.25, -0.2) is 0 Å². The molecule has 0 spiro atoms. The van der Waals surface area contributed by atoms with Gasteiger partial charge in [-0.15, -0.1) is 0 Å². The summed E-state index contributed by atoms with van der Waals surface area (Å²) >= 11 is 0. The van der Waals surface area contributed by atoms with Gasteiger partial charge in [-0.3, -0.25) is 19.2 Å². The van der Waals surface area contributed by atoms with Crippen LogP contribution < -0.4 is 44.2 Å². The Morgan fingerprint density at radius 1 is 0.333 bits per heavy atom. The average Bonchev–Trinajstić information content (AvgIpc) is 3.24. The van der Waals surface area contributed by atoms with Crippen molar-refractivity contribution < 1.29 is 97.9 Å². The van der Waals surface area contributed by atoms with Crippen molar-refractivity contribution in [2.45, 2.75) is 123 Å². The molecule has 20 atom stereocenters. The average molecular weight is 873 g/mol. The largest absolute Gasteiger partial charge is 0.387 e. The van der Waals surface area contributed by atoms with Crippen molar-refractivity contribution in [3.05, 3.63) is 0 Å². The number of rotatable bonds is 12. The van der Waals surface area contributed by atoms with Crippen molar-refractivity contribution in [2.24, 2.45) is 22.9 Å². The van der Waals surface area contributed by atoms with Crippen LogP contribution in [0.15, 0.2) is 0 Å². The number of nitrogens with one attached hydrogen (secondary N) is 4. The minimum absolute atomic E-state index is 0.485. The first-order valence-electron chi connectivity index (χ1n) is 19.1. The Bertz CT molecular complexity index is 1250. The molecule has 14 aliphatic heterocycles. The van der Waals surface area contributed by atoms with E-state index >= 15 is 0 Å². The second kappa shape index (κ2) is 21.4.